The SMILES string of the molecule is COc1ccncc1S(=O)(=O)Nc1c(F)cc(Cl)cc1-c1ccc(OC(C)(C)C(=O)O)cc1. The zero-order valence-corrected chi connectivity index (χ0v) is 19.4. The Bertz CT molecular complexity index is 1300. The van der Waals surface area contributed by atoms with Crippen LogP contribution >= 0.6 is 11.6 Å². The number of hydrogen-bond acceptors (Lipinski definition) is 6. The van der Waals surface area contributed by atoms with Crippen LogP contribution in [0.1, 0.15) is 13.8 Å². The highest BCUT2D eigenvalue weighted by Gasteiger charge is 2.29. The van der Waals surface area contributed by atoms with Gasteiger partial charge in [-0.25, -0.2) is 17.6 Å². The van der Waals surface area contributed by atoms with Crippen molar-refractivity contribution in [1.29, 1.82) is 0 Å². The quantitative estimate of drug-likeness (QED) is 0.470. The number of ether oxygens (including phenoxy) is 2. The Kier molecular flexibility index (Phi) is 6.80. The molecule has 1 aromatic heterocycles. The number of sulfonamides is 1. The Morgan fingerprint density at radius 2 is 1.85 bits per heavy atom. The molecule has 2 aromatic carbocycles. The van der Waals surface area contributed by atoms with Gasteiger partial charge in [0.2, 0.25) is 0 Å². The highest BCUT2D eigenvalue weighted by molar-refractivity contribution is 7.92. The van der Waals surface area contributed by atoms with Crippen LogP contribution in [0.5, 0.6) is 11.5 Å². The Morgan fingerprint density at radius 1 is 1.18 bits per heavy atom. The molecule has 8 nitrogen and oxygen atoms in total. The summed E-state index contributed by atoms with van der Waals surface area (Å²) in [5.41, 5.74) is -1.22. The van der Waals surface area contributed by atoms with Crippen molar-refractivity contribution in [1.82, 2.24) is 4.98 Å². The molecule has 3 rings (SSSR count). The first-order chi connectivity index (χ1) is 15.4. The van der Waals surface area contributed by atoms with Gasteiger partial charge in [0.05, 0.1) is 19.0 Å². The normalized spacial score (nSPS) is 11.7. The van der Waals surface area contributed by atoms with Gasteiger partial charge >= 0.3 is 5.97 Å². The number of carboxylic acids is 1. The van der Waals surface area contributed by atoms with Crippen LogP contribution in [0.4, 0.5) is 10.1 Å². The average Bonchev–Trinajstić information content (AvgIpc) is 2.75. The second kappa shape index (κ2) is 9.24. The van der Waals surface area contributed by atoms with Crippen molar-refractivity contribution in [2.75, 3.05) is 11.8 Å². The smallest absolute Gasteiger partial charge is 0.347 e. The van der Waals surface area contributed by atoms with E-state index in [-0.39, 0.29) is 32.7 Å². The van der Waals surface area contributed by atoms with Gasteiger partial charge in [0, 0.05) is 16.8 Å². The number of methoxy groups -OCH3 is 1. The Labute approximate surface area is 195 Å². The maximum Gasteiger partial charge on any atom is 0.347 e. The Balaban J connectivity index is 2.02. The molecule has 0 atom stereocenters. The van der Waals surface area contributed by atoms with E-state index in [2.05, 4.69) is 9.71 Å². The first kappa shape index (κ1) is 24.3. The van der Waals surface area contributed by atoms with Crippen LogP contribution in [0.3, 0.4) is 0 Å². The largest absolute Gasteiger partial charge is 0.495 e. The Morgan fingerprint density at radius 3 is 2.45 bits per heavy atom. The van der Waals surface area contributed by atoms with Gasteiger partial charge in [0.15, 0.2) is 5.60 Å². The van der Waals surface area contributed by atoms with Crippen molar-refractivity contribution in [3.05, 3.63) is 65.7 Å². The lowest BCUT2D eigenvalue weighted by Crippen LogP contribution is -2.37. The van der Waals surface area contributed by atoms with Gasteiger partial charge in [-0.15, -0.1) is 0 Å². The monoisotopic (exact) mass is 494 g/mol. The van der Waals surface area contributed by atoms with Gasteiger partial charge in [-0.05, 0) is 49.7 Å². The molecular weight excluding hydrogens is 475 g/mol. The maximum atomic E-state index is 14.9. The van der Waals surface area contributed by atoms with Crippen LogP contribution in [0.15, 0.2) is 59.8 Å². The number of benzene rings is 2. The number of hydrogen-bond donors (Lipinski definition) is 2. The summed E-state index contributed by atoms with van der Waals surface area (Å²) in [5.74, 6) is -1.74. The molecule has 0 bridgehead atoms. The molecular formula is C22H20ClFN2O6S. The molecule has 33 heavy (non-hydrogen) atoms. The van der Waals surface area contributed by atoms with Gasteiger partial charge < -0.3 is 14.6 Å². The highest BCUT2D eigenvalue weighted by atomic mass is 35.5. The minimum Gasteiger partial charge on any atom is -0.495 e. The summed E-state index contributed by atoms with van der Waals surface area (Å²) in [5, 5.41) is 9.26. The zero-order chi connectivity index (χ0) is 24.4. The maximum absolute atomic E-state index is 14.9. The fourth-order valence-electron chi connectivity index (χ4n) is 2.87. The fourth-order valence-corrected chi connectivity index (χ4v) is 4.28. The van der Waals surface area contributed by atoms with E-state index in [4.69, 9.17) is 21.1 Å². The summed E-state index contributed by atoms with van der Waals surface area (Å²) >= 11 is 6.02. The summed E-state index contributed by atoms with van der Waals surface area (Å²) in [6, 6.07) is 9.78. The topological polar surface area (TPSA) is 115 Å². The third-order valence-electron chi connectivity index (χ3n) is 4.60. The van der Waals surface area contributed by atoms with Crippen LogP contribution in [0, 0.1) is 5.82 Å². The van der Waals surface area contributed by atoms with Crippen molar-refractivity contribution < 1.29 is 32.2 Å². The molecule has 0 saturated carbocycles. The lowest BCUT2D eigenvalue weighted by atomic mass is 10.0. The van der Waals surface area contributed by atoms with E-state index in [1.165, 1.54) is 63.6 Å². The summed E-state index contributed by atoms with van der Waals surface area (Å²) in [4.78, 5) is 14.8. The van der Waals surface area contributed by atoms with Crippen molar-refractivity contribution in [3.8, 4) is 22.6 Å². The number of carbonyl (C=O) groups is 1. The minimum atomic E-state index is -4.27. The van der Waals surface area contributed by atoms with Gasteiger partial charge in [-0.3, -0.25) is 9.71 Å². The first-order valence-electron chi connectivity index (χ1n) is 9.47. The van der Waals surface area contributed by atoms with Crippen LogP contribution in [0.2, 0.25) is 5.02 Å². The van der Waals surface area contributed by atoms with E-state index in [1.54, 1.807) is 0 Å². The molecule has 0 aliphatic heterocycles. The molecule has 0 spiro atoms. The molecule has 174 valence electrons. The number of pyridine rings is 1. The number of rotatable bonds is 8. The van der Waals surface area contributed by atoms with E-state index in [0.717, 1.165) is 12.3 Å². The standard InChI is InChI=1S/C22H20ClFN2O6S/c1-22(2,21(27)28)32-15-6-4-13(5-7-15)16-10-14(23)11-17(24)20(16)26-33(29,30)19-12-25-9-8-18(19)31-3/h4-12,26H,1-3H3,(H,27,28). The van der Waals surface area contributed by atoms with Crippen LogP contribution < -0.4 is 14.2 Å². The molecule has 3 aromatic rings. The van der Waals surface area contributed by atoms with Gasteiger partial charge in [0.1, 0.15) is 22.2 Å². The van der Waals surface area contributed by atoms with Crippen LogP contribution in [-0.4, -0.2) is 37.2 Å². The van der Waals surface area contributed by atoms with Crippen molar-refractivity contribution >= 4 is 33.3 Å². The molecule has 0 aliphatic rings. The fraction of sp³-hybridized carbons (Fsp3) is 0.182. The lowest BCUT2D eigenvalue weighted by molar-refractivity contribution is -0.152. The van der Waals surface area contributed by atoms with Crippen molar-refractivity contribution in [2.24, 2.45) is 0 Å². The number of anilines is 1. The number of nitrogens with one attached hydrogen (secondary N) is 1. The number of carboxylic acid groups (broad SMARTS) is 1. The van der Waals surface area contributed by atoms with Crippen molar-refractivity contribution in [3.63, 3.8) is 0 Å². The van der Waals surface area contributed by atoms with E-state index >= 15 is 0 Å². The van der Waals surface area contributed by atoms with Gasteiger partial charge in [0.25, 0.3) is 10.0 Å². The molecule has 11 heteroatoms. The molecule has 0 radical (unpaired) electrons. The predicted octanol–water partition coefficient (Wildman–Crippen LogP) is 4.59. The molecule has 0 saturated heterocycles. The Hall–Kier alpha value is -3.37. The summed E-state index contributed by atoms with van der Waals surface area (Å²) in [6.07, 6.45) is 2.45. The molecule has 0 aliphatic carbocycles. The van der Waals surface area contributed by atoms with Gasteiger partial charge in [-0.1, -0.05) is 23.7 Å². The van der Waals surface area contributed by atoms with Crippen molar-refractivity contribution in [2.45, 2.75) is 24.3 Å². The van der Waals surface area contributed by atoms with E-state index in [9.17, 15) is 22.7 Å². The summed E-state index contributed by atoms with van der Waals surface area (Å²) in [6.45, 7) is 2.80. The highest BCUT2D eigenvalue weighted by Crippen LogP contribution is 2.36. The average molecular weight is 495 g/mol. The van der Waals surface area contributed by atoms with E-state index in [1.807, 2.05) is 0 Å². The lowest BCUT2D eigenvalue weighted by Gasteiger charge is -2.21. The predicted molar refractivity (Wildman–Crippen MR) is 121 cm³/mol. The third kappa shape index (κ3) is 5.35. The second-order valence-electron chi connectivity index (χ2n) is 7.38. The van der Waals surface area contributed by atoms with Crippen LogP contribution in [-0.2, 0) is 14.8 Å². The molecule has 1 heterocycles. The molecule has 2 N–H and O–H groups in total. The molecule has 0 amide bonds. The number of halogens is 2. The molecule has 0 fully saturated rings. The second-order valence-corrected chi connectivity index (χ2v) is 9.47. The third-order valence-corrected chi connectivity index (χ3v) is 6.18. The summed E-state index contributed by atoms with van der Waals surface area (Å²) in [7, 11) is -2.97. The number of aromatic nitrogens is 1. The van der Waals surface area contributed by atoms with Gasteiger partial charge in [-0.2, -0.15) is 0 Å². The zero-order valence-electron chi connectivity index (χ0n) is 17.8. The van der Waals surface area contributed by atoms with Crippen LogP contribution in [0.25, 0.3) is 11.1 Å². The van der Waals surface area contributed by atoms with E-state index in [0.29, 0.717) is 5.56 Å². The number of aliphatic carboxylic acids is 1. The van der Waals surface area contributed by atoms with E-state index < -0.39 is 27.4 Å². The first-order valence-corrected chi connectivity index (χ1v) is 11.3. The molecule has 0 unspecified atom stereocenters. The number of nitrogens with zero attached hydrogens (tertiary/aromatic N) is 1. The minimum absolute atomic E-state index is 0.0379. The summed E-state index contributed by atoms with van der Waals surface area (Å²) < 4.78 is 53.6.